The molecule has 1 aliphatic heterocycles. The Kier molecular flexibility index (Phi) is 6.79. The maximum atomic E-state index is 5.65. The van der Waals surface area contributed by atoms with E-state index in [1.807, 2.05) is 24.3 Å². The average Bonchev–Trinajstić information content (AvgIpc) is 2.46. The van der Waals surface area contributed by atoms with Crippen molar-refractivity contribution >= 4 is 15.9 Å². The van der Waals surface area contributed by atoms with Crippen LogP contribution in [0.5, 0.6) is 5.75 Å². The van der Waals surface area contributed by atoms with Crippen LogP contribution in [0.2, 0.25) is 0 Å². The summed E-state index contributed by atoms with van der Waals surface area (Å²) in [5, 5.41) is 0. The number of likely N-dealkylation sites (N-methyl/N-ethyl adjacent to an activating group) is 1. The highest BCUT2D eigenvalue weighted by atomic mass is 79.9. The number of ether oxygens (including phenoxy) is 2. The Morgan fingerprint density at radius 2 is 1.80 bits per heavy atom. The summed E-state index contributed by atoms with van der Waals surface area (Å²) in [5.41, 5.74) is 0. The van der Waals surface area contributed by atoms with Crippen LogP contribution in [-0.4, -0.2) is 69.4 Å². The molecule has 1 aromatic rings. The molecule has 1 aliphatic rings. The minimum Gasteiger partial charge on any atom is -0.490 e. The topological polar surface area (TPSA) is 24.9 Å². The molecule has 20 heavy (non-hydrogen) atoms. The van der Waals surface area contributed by atoms with Gasteiger partial charge in [0.15, 0.2) is 0 Å². The summed E-state index contributed by atoms with van der Waals surface area (Å²) in [6, 6.07) is 7.87. The van der Waals surface area contributed by atoms with Crippen LogP contribution in [0.3, 0.4) is 0 Å². The molecule has 0 aliphatic carbocycles. The van der Waals surface area contributed by atoms with Gasteiger partial charge in [0.2, 0.25) is 0 Å². The second-order valence-electron chi connectivity index (χ2n) is 5.04. The van der Waals surface area contributed by atoms with E-state index in [0.717, 1.165) is 49.6 Å². The van der Waals surface area contributed by atoms with E-state index in [-0.39, 0.29) is 0 Å². The highest BCUT2D eigenvalue weighted by molar-refractivity contribution is 9.10. The summed E-state index contributed by atoms with van der Waals surface area (Å²) in [6.07, 6.45) is 0. The van der Waals surface area contributed by atoms with E-state index < -0.39 is 0 Å². The molecule has 1 aromatic carbocycles. The molecule has 0 spiro atoms. The Labute approximate surface area is 129 Å². The SMILES string of the molecule is CN1CCN(CCOCCOc2ccccc2Br)CC1. The van der Waals surface area contributed by atoms with Crippen molar-refractivity contribution in [1.29, 1.82) is 0 Å². The van der Waals surface area contributed by atoms with E-state index in [9.17, 15) is 0 Å². The highest BCUT2D eigenvalue weighted by Crippen LogP contribution is 2.23. The van der Waals surface area contributed by atoms with Crippen LogP contribution in [0, 0.1) is 0 Å². The van der Waals surface area contributed by atoms with Gasteiger partial charge in [-0.05, 0) is 35.1 Å². The van der Waals surface area contributed by atoms with Crippen LogP contribution in [0.4, 0.5) is 0 Å². The van der Waals surface area contributed by atoms with Crippen LogP contribution < -0.4 is 4.74 Å². The lowest BCUT2D eigenvalue weighted by molar-refractivity contribution is 0.0656. The highest BCUT2D eigenvalue weighted by Gasteiger charge is 2.12. The van der Waals surface area contributed by atoms with Gasteiger partial charge in [0.05, 0.1) is 17.7 Å². The van der Waals surface area contributed by atoms with Crippen molar-refractivity contribution in [2.45, 2.75) is 0 Å². The van der Waals surface area contributed by atoms with Gasteiger partial charge in [-0.3, -0.25) is 4.90 Å². The zero-order valence-electron chi connectivity index (χ0n) is 12.1. The zero-order valence-corrected chi connectivity index (χ0v) is 13.6. The first-order valence-corrected chi connectivity index (χ1v) is 7.91. The fraction of sp³-hybridized carbons (Fsp3) is 0.600. The summed E-state index contributed by atoms with van der Waals surface area (Å²) in [7, 11) is 2.17. The maximum absolute atomic E-state index is 5.65. The van der Waals surface area contributed by atoms with Crippen molar-refractivity contribution in [3.63, 3.8) is 0 Å². The lowest BCUT2D eigenvalue weighted by Gasteiger charge is -2.32. The van der Waals surface area contributed by atoms with Crippen molar-refractivity contribution in [1.82, 2.24) is 9.80 Å². The number of benzene rings is 1. The first kappa shape index (κ1) is 15.8. The van der Waals surface area contributed by atoms with Gasteiger partial charge in [-0.25, -0.2) is 0 Å². The van der Waals surface area contributed by atoms with Crippen molar-refractivity contribution in [3.05, 3.63) is 28.7 Å². The second-order valence-corrected chi connectivity index (χ2v) is 5.89. The number of piperazine rings is 1. The minimum atomic E-state index is 0.589. The summed E-state index contributed by atoms with van der Waals surface area (Å²) >= 11 is 3.46. The fourth-order valence-electron chi connectivity index (χ4n) is 2.14. The van der Waals surface area contributed by atoms with E-state index in [4.69, 9.17) is 9.47 Å². The third kappa shape index (κ3) is 5.40. The number of hydrogen-bond donors (Lipinski definition) is 0. The summed E-state index contributed by atoms with van der Waals surface area (Å²) in [5.74, 6) is 0.871. The van der Waals surface area contributed by atoms with Gasteiger partial charge in [0, 0.05) is 32.7 Å². The van der Waals surface area contributed by atoms with Crippen LogP contribution in [0.25, 0.3) is 0 Å². The standard InChI is InChI=1S/C15H23BrN2O2/c1-17-6-8-18(9-7-17)10-11-19-12-13-20-15-5-3-2-4-14(15)16/h2-5H,6-13H2,1H3. The normalized spacial score (nSPS) is 17.3. The molecular formula is C15H23BrN2O2. The molecule has 1 saturated heterocycles. The minimum absolute atomic E-state index is 0.589. The second kappa shape index (κ2) is 8.62. The summed E-state index contributed by atoms with van der Waals surface area (Å²) in [4.78, 5) is 4.82. The smallest absolute Gasteiger partial charge is 0.133 e. The molecule has 0 aromatic heterocycles. The molecule has 0 saturated carbocycles. The molecule has 0 amide bonds. The van der Waals surface area contributed by atoms with Gasteiger partial charge in [-0.1, -0.05) is 12.1 Å². The molecule has 1 heterocycles. The predicted molar refractivity (Wildman–Crippen MR) is 84.4 cm³/mol. The predicted octanol–water partition coefficient (Wildman–Crippen LogP) is 2.09. The monoisotopic (exact) mass is 342 g/mol. The quantitative estimate of drug-likeness (QED) is 0.708. The molecule has 0 N–H and O–H groups in total. The fourth-order valence-corrected chi connectivity index (χ4v) is 2.54. The molecule has 0 radical (unpaired) electrons. The molecule has 0 unspecified atom stereocenters. The Morgan fingerprint density at radius 3 is 2.55 bits per heavy atom. The molecule has 112 valence electrons. The molecular weight excluding hydrogens is 320 g/mol. The molecule has 2 rings (SSSR count). The number of para-hydroxylation sites is 1. The Bertz CT molecular complexity index is 395. The van der Waals surface area contributed by atoms with Gasteiger partial charge in [0.25, 0.3) is 0 Å². The van der Waals surface area contributed by atoms with Crippen LogP contribution in [-0.2, 0) is 4.74 Å². The molecule has 0 atom stereocenters. The molecule has 1 fully saturated rings. The van der Waals surface area contributed by atoms with Gasteiger partial charge in [-0.2, -0.15) is 0 Å². The van der Waals surface area contributed by atoms with Gasteiger partial charge in [0.1, 0.15) is 12.4 Å². The van der Waals surface area contributed by atoms with E-state index in [1.54, 1.807) is 0 Å². The Hall–Kier alpha value is -0.620. The van der Waals surface area contributed by atoms with Crippen molar-refractivity contribution in [2.24, 2.45) is 0 Å². The Balaban J connectivity index is 1.51. The maximum Gasteiger partial charge on any atom is 0.133 e. The molecule has 0 bridgehead atoms. The average molecular weight is 343 g/mol. The van der Waals surface area contributed by atoms with Crippen molar-refractivity contribution < 1.29 is 9.47 Å². The van der Waals surface area contributed by atoms with E-state index in [1.165, 1.54) is 0 Å². The van der Waals surface area contributed by atoms with E-state index >= 15 is 0 Å². The zero-order chi connectivity index (χ0) is 14.2. The number of hydrogen-bond acceptors (Lipinski definition) is 4. The van der Waals surface area contributed by atoms with Gasteiger partial charge >= 0.3 is 0 Å². The van der Waals surface area contributed by atoms with Gasteiger partial charge < -0.3 is 14.4 Å². The van der Waals surface area contributed by atoms with Crippen molar-refractivity contribution in [2.75, 3.05) is 59.6 Å². The van der Waals surface area contributed by atoms with Crippen LogP contribution in [0.15, 0.2) is 28.7 Å². The number of halogens is 1. The lowest BCUT2D eigenvalue weighted by atomic mass is 10.3. The van der Waals surface area contributed by atoms with Crippen molar-refractivity contribution in [3.8, 4) is 5.75 Å². The van der Waals surface area contributed by atoms with E-state index in [0.29, 0.717) is 13.2 Å². The largest absolute Gasteiger partial charge is 0.490 e. The summed E-state index contributed by atoms with van der Waals surface area (Å²) < 4.78 is 12.3. The first-order chi connectivity index (χ1) is 9.75. The third-order valence-electron chi connectivity index (χ3n) is 3.47. The summed E-state index contributed by atoms with van der Waals surface area (Å²) in [6.45, 7) is 7.63. The lowest BCUT2D eigenvalue weighted by Crippen LogP contribution is -2.45. The Morgan fingerprint density at radius 1 is 1.05 bits per heavy atom. The third-order valence-corrected chi connectivity index (χ3v) is 4.12. The molecule has 5 heteroatoms. The molecule has 4 nitrogen and oxygen atoms in total. The first-order valence-electron chi connectivity index (χ1n) is 7.11. The van der Waals surface area contributed by atoms with Crippen LogP contribution >= 0.6 is 15.9 Å². The van der Waals surface area contributed by atoms with Gasteiger partial charge in [-0.15, -0.1) is 0 Å². The number of nitrogens with zero attached hydrogens (tertiary/aromatic N) is 2. The van der Waals surface area contributed by atoms with Crippen LogP contribution in [0.1, 0.15) is 0 Å². The van der Waals surface area contributed by atoms with E-state index in [2.05, 4.69) is 32.8 Å². The number of rotatable bonds is 7.